The summed E-state index contributed by atoms with van der Waals surface area (Å²) in [6, 6.07) is 6.94. The Morgan fingerprint density at radius 1 is 1.31 bits per heavy atom. The first-order chi connectivity index (χ1) is 13.8. The molecule has 0 aliphatic carbocycles. The number of carbonyl (C=O) groups is 1. The van der Waals surface area contributed by atoms with Crippen LogP contribution < -0.4 is 14.9 Å². The van der Waals surface area contributed by atoms with E-state index >= 15 is 0 Å². The maximum Gasteiger partial charge on any atom is 0.338 e. The molecule has 0 N–H and O–H groups in total. The zero-order chi connectivity index (χ0) is 20.7. The highest BCUT2D eigenvalue weighted by Gasteiger charge is 2.34. The van der Waals surface area contributed by atoms with Gasteiger partial charge in [-0.05, 0) is 51.3 Å². The van der Waals surface area contributed by atoms with Gasteiger partial charge in [0.1, 0.15) is 17.6 Å². The molecule has 0 amide bonds. The minimum atomic E-state index is -0.557. The molecule has 3 aromatic heterocycles. The van der Waals surface area contributed by atoms with E-state index < -0.39 is 12.0 Å². The van der Waals surface area contributed by atoms with Gasteiger partial charge in [0, 0.05) is 11.0 Å². The lowest BCUT2D eigenvalue weighted by atomic mass is 10.0. The lowest BCUT2D eigenvalue weighted by molar-refractivity contribution is -0.143. The van der Waals surface area contributed by atoms with Gasteiger partial charge in [0.2, 0.25) is 0 Å². The number of allylic oxidation sites excluding steroid dienone is 1. The Hall–Kier alpha value is -2.71. The van der Waals surface area contributed by atoms with Crippen LogP contribution in [-0.2, 0) is 9.53 Å². The van der Waals surface area contributed by atoms with Gasteiger partial charge in [-0.1, -0.05) is 17.4 Å². The summed E-state index contributed by atoms with van der Waals surface area (Å²) in [5, 5.41) is 1.93. The van der Waals surface area contributed by atoms with Crippen LogP contribution in [0, 0.1) is 6.92 Å². The van der Waals surface area contributed by atoms with E-state index in [1.54, 1.807) is 31.4 Å². The number of esters is 1. The fourth-order valence-electron chi connectivity index (χ4n) is 3.24. The molecule has 4 rings (SSSR count). The Morgan fingerprint density at radius 3 is 2.72 bits per heavy atom. The predicted molar refractivity (Wildman–Crippen MR) is 113 cm³/mol. The second kappa shape index (κ2) is 7.61. The predicted octanol–water partition coefficient (Wildman–Crippen LogP) is 3.15. The van der Waals surface area contributed by atoms with Gasteiger partial charge in [-0.2, -0.15) is 0 Å². The van der Waals surface area contributed by atoms with Crippen molar-refractivity contribution in [2.45, 2.75) is 39.8 Å². The Balaban J connectivity index is 1.93. The lowest BCUT2D eigenvalue weighted by Gasteiger charge is -2.24. The SMILES string of the molecule is CC1=C(C(=O)OC(C)C)[C@@H](c2cccs2)n2c(s/c(=C\c3ccc(C)o3)c2=O)=N1. The van der Waals surface area contributed by atoms with E-state index in [1.807, 2.05) is 36.6 Å². The van der Waals surface area contributed by atoms with Crippen LogP contribution in [0.15, 0.2) is 55.1 Å². The third-order valence-corrected chi connectivity index (χ3v) is 6.34. The fourth-order valence-corrected chi connectivity index (χ4v) is 5.09. The molecule has 1 atom stereocenters. The van der Waals surface area contributed by atoms with Gasteiger partial charge in [0.25, 0.3) is 5.56 Å². The molecule has 8 heteroatoms. The molecule has 6 nitrogen and oxygen atoms in total. The van der Waals surface area contributed by atoms with Crippen LogP contribution in [0.5, 0.6) is 0 Å². The van der Waals surface area contributed by atoms with Crippen molar-refractivity contribution in [1.29, 1.82) is 0 Å². The number of thiophene rings is 1. The zero-order valence-electron chi connectivity index (χ0n) is 16.5. The smallest absolute Gasteiger partial charge is 0.338 e. The van der Waals surface area contributed by atoms with Gasteiger partial charge >= 0.3 is 5.97 Å². The van der Waals surface area contributed by atoms with E-state index in [2.05, 4.69) is 4.99 Å². The fraction of sp³-hybridized carbons (Fsp3) is 0.286. The average Bonchev–Trinajstić information content (AvgIpc) is 3.36. The van der Waals surface area contributed by atoms with Crippen molar-refractivity contribution in [3.63, 3.8) is 0 Å². The molecule has 4 heterocycles. The molecular formula is C21H20N2O4S2. The molecule has 0 saturated carbocycles. The maximum atomic E-state index is 13.3. The van der Waals surface area contributed by atoms with E-state index in [4.69, 9.17) is 9.15 Å². The number of hydrogen-bond acceptors (Lipinski definition) is 7. The molecule has 0 unspecified atom stereocenters. The number of fused-ring (bicyclic) bond motifs is 1. The number of hydrogen-bond donors (Lipinski definition) is 0. The molecule has 1 aliphatic rings. The van der Waals surface area contributed by atoms with Crippen LogP contribution in [0.25, 0.3) is 6.08 Å². The quantitative estimate of drug-likeness (QED) is 0.599. The number of ether oxygens (including phenoxy) is 1. The summed E-state index contributed by atoms with van der Waals surface area (Å²) in [7, 11) is 0. The Labute approximate surface area is 175 Å². The van der Waals surface area contributed by atoms with E-state index in [0.717, 1.165) is 10.6 Å². The van der Waals surface area contributed by atoms with Crippen LogP contribution in [0.4, 0.5) is 0 Å². The standard InChI is InChI=1S/C21H20N2O4S2/c1-11(2)26-20(25)17-13(4)22-21-23(18(17)15-6-5-9-28-15)19(24)16(29-21)10-14-8-7-12(3)27-14/h5-11,18H,1-4H3/b16-10-/t18-/m1/s1. The number of aromatic nitrogens is 1. The minimum absolute atomic E-state index is 0.205. The van der Waals surface area contributed by atoms with Crippen LogP contribution in [-0.4, -0.2) is 16.6 Å². The monoisotopic (exact) mass is 428 g/mol. The Bertz CT molecular complexity index is 1270. The van der Waals surface area contributed by atoms with E-state index in [-0.39, 0.29) is 11.7 Å². The van der Waals surface area contributed by atoms with Gasteiger partial charge in [0.05, 0.1) is 21.9 Å². The van der Waals surface area contributed by atoms with Crippen molar-refractivity contribution in [1.82, 2.24) is 4.57 Å². The molecule has 3 aromatic rings. The Kier molecular flexibility index (Phi) is 5.14. The summed E-state index contributed by atoms with van der Waals surface area (Å²) >= 11 is 2.78. The third kappa shape index (κ3) is 3.65. The Morgan fingerprint density at radius 2 is 2.10 bits per heavy atom. The van der Waals surface area contributed by atoms with Gasteiger partial charge < -0.3 is 9.15 Å². The van der Waals surface area contributed by atoms with Crippen molar-refractivity contribution in [2.24, 2.45) is 4.99 Å². The topological polar surface area (TPSA) is 73.8 Å². The second-order valence-corrected chi connectivity index (χ2v) is 8.99. The zero-order valence-corrected chi connectivity index (χ0v) is 18.1. The normalized spacial score (nSPS) is 16.9. The molecule has 1 aliphatic heterocycles. The number of carbonyl (C=O) groups excluding carboxylic acids is 1. The van der Waals surface area contributed by atoms with Crippen LogP contribution in [0.2, 0.25) is 0 Å². The molecule has 0 radical (unpaired) electrons. The van der Waals surface area contributed by atoms with Crippen LogP contribution in [0.3, 0.4) is 0 Å². The number of thiazole rings is 1. The molecule has 150 valence electrons. The van der Waals surface area contributed by atoms with Crippen molar-refractivity contribution < 1.29 is 13.9 Å². The molecule has 29 heavy (non-hydrogen) atoms. The molecule has 0 fully saturated rings. The summed E-state index contributed by atoms with van der Waals surface area (Å²) in [6.07, 6.45) is 1.45. The highest BCUT2D eigenvalue weighted by Crippen LogP contribution is 2.33. The molecule has 0 spiro atoms. The first kappa shape index (κ1) is 19.6. The summed E-state index contributed by atoms with van der Waals surface area (Å²) in [5.41, 5.74) is 0.758. The third-order valence-electron chi connectivity index (χ3n) is 4.43. The van der Waals surface area contributed by atoms with Crippen LogP contribution >= 0.6 is 22.7 Å². The van der Waals surface area contributed by atoms with Crippen molar-refractivity contribution in [3.05, 3.63) is 77.0 Å². The van der Waals surface area contributed by atoms with Gasteiger partial charge in [-0.3, -0.25) is 9.36 Å². The lowest BCUT2D eigenvalue weighted by Crippen LogP contribution is -2.39. The highest BCUT2D eigenvalue weighted by atomic mass is 32.1. The van der Waals surface area contributed by atoms with Gasteiger partial charge in [-0.15, -0.1) is 11.3 Å². The van der Waals surface area contributed by atoms with Crippen molar-refractivity contribution >= 4 is 34.7 Å². The van der Waals surface area contributed by atoms with Crippen molar-refractivity contribution in [3.8, 4) is 0 Å². The minimum Gasteiger partial charge on any atom is -0.462 e. The van der Waals surface area contributed by atoms with Crippen LogP contribution in [0.1, 0.15) is 43.2 Å². The number of nitrogens with zero attached hydrogens (tertiary/aromatic N) is 2. The first-order valence-electron chi connectivity index (χ1n) is 9.18. The van der Waals surface area contributed by atoms with Gasteiger partial charge in [-0.25, -0.2) is 9.79 Å². The second-order valence-electron chi connectivity index (χ2n) is 7.00. The first-order valence-corrected chi connectivity index (χ1v) is 10.9. The maximum absolute atomic E-state index is 13.3. The van der Waals surface area contributed by atoms with Crippen molar-refractivity contribution in [2.75, 3.05) is 0 Å². The summed E-state index contributed by atoms with van der Waals surface area (Å²) in [4.78, 5) is 32.2. The van der Waals surface area contributed by atoms with Gasteiger partial charge in [0.15, 0.2) is 4.80 Å². The van der Waals surface area contributed by atoms with E-state index in [9.17, 15) is 9.59 Å². The molecule has 0 saturated heterocycles. The van der Waals surface area contributed by atoms with E-state index in [1.165, 1.54) is 22.7 Å². The highest BCUT2D eigenvalue weighted by molar-refractivity contribution is 7.10. The number of furan rings is 1. The average molecular weight is 429 g/mol. The summed E-state index contributed by atoms with van der Waals surface area (Å²) in [5.74, 6) is 0.932. The number of aryl methyl sites for hydroxylation is 1. The largest absolute Gasteiger partial charge is 0.462 e. The molecular weight excluding hydrogens is 408 g/mol. The van der Waals surface area contributed by atoms with E-state index in [0.29, 0.717) is 26.4 Å². The summed E-state index contributed by atoms with van der Waals surface area (Å²) < 4.78 is 13.1. The summed E-state index contributed by atoms with van der Waals surface area (Å²) in [6.45, 7) is 7.24. The molecule has 0 bridgehead atoms. The molecule has 0 aromatic carbocycles. The number of rotatable bonds is 4.